The summed E-state index contributed by atoms with van der Waals surface area (Å²) in [4.78, 5) is 0. The number of alkyl halides is 1. The molecule has 0 fully saturated rings. The molecule has 0 amide bonds. The second-order valence-corrected chi connectivity index (χ2v) is 6.58. The molecule has 0 aromatic heterocycles. The zero-order chi connectivity index (χ0) is 15.5. The number of benzene rings is 1. The third kappa shape index (κ3) is 7.35. The summed E-state index contributed by atoms with van der Waals surface area (Å²) in [5, 5.41) is 0.910. The van der Waals surface area contributed by atoms with Gasteiger partial charge in [0.1, 0.15) is 5.75 Å². The van der Waals surface area contributed by atoms with Crippen molar-refractivity contribution in [2.24, 2.45) is 0 Å². The summed E-state index contributed by atoms with van der Waals surface area (Å²) in [6, 6.07) is 4.43. The van der Waals surface area contributed by atoms with Crippen molar-refractivity contribution in [3.05, 3.63) is 28.8 Å². The van der Waals surface area contributed by atoms with Crippen molar-refractivity contribution < 1.29 is 4.74 Å². The predicted octanol–water partition coefficient (Wildman–Crippen LogP) is 6.72. The van der Waals surface area contributed by atoms with Crippen molar-refractivity contribution in [2.75, 3.05) is 6.61 Å². The van der Waals surface area contributed by atoms with Crippen LogP contribution < -0.4 is 4.74 Å². The Bertz CT molecular complexity index is 378. The second-order valence-electron chi connectivity index (χ2n) is 6.02. The topological polar surface area (TPSA) is 9.23 Å². The molecule has 0 bridgehead atoms. The molecule has 0 radical (unpaired) electrons. The zero-order valence-electron chi connectivity index (χ0n) is 14.0. The van der Waals surface area contributed by atoms with Gasteiger partial charge in [-0.2, -0.15) is 0 Å². The molecule has 1 nitrogen and oxygen atoms in total. The molecule has 120 valence electrons. The van der Waals surface area contributed by atoms with Crippen molar-refractivity contribution in [3.63, 3.8) is 0 Å². The molecule has 0 atom stereocenters. The highest BCUT2D eigenvalue weighted by atomic mass is 79.9. The molecule has 0 aliphatic heterocycles. The number of ether oxygens (including phenoxy) is 1. The Kier molecular flexibility index (Phi) is 9.82. The molecule has 0 heterocycles. The van der Waals surface area contributed by atoms with Crippen LogP contribution in [0.5, 0.6) is 5.75 Å². The molecule has 1 rings (SSSR count). The van der Waals surface area contributed by atoms with Crippen LogP contribution in [0.2, 0.25) is 0 Å². The van der Waals surface area contributed by atoms with Gasteiger partial charge in [0.25, 0.3) is 0 Å². The van der Waals surface area contributed by atoms with E-state index in [1.807, 2.05) is 0 Å². The van der Waals surface area contributed by atoms with Crippen molar-refractivity contribution in [2.45, 2.75) is 77.5 Å². The smallest absolute Gasteiger partial charge is 0.125 e. The van der Waals surface area contributed by atoms with Crippen LogP contribution in [0.25, 0.3) is 0 Å². The quantitative estimate of drug-likeness (QED) is 0.316. The molecule has 0 saturated heterocycles. The van der Waals surface area contributed by atoms with Crippen molar-refractivity contribution in [3.8, 4) is 5.75 Å². The molecular formula is C19H31BrO. The number of hydrogen-bond acceptors (Lipinski definition) is 1. The first kappa shape index (κ1) is 18.5. The zero-order valence-corrected chi connectivity index (χ0v) is 15.6. The molecule has 0 N–H and O–H groups in total. The van der Waals surface area contributed by atoms with E-state index >= 15 is 0 Å². The summed E-state index contributed by atoms with van der Waals surface area (Å²) >= 11 is 3.51. The first-order chi connectivity index (χ1) is 10.2. The average Bonchev–Trinajstić information content (AvgIpc) is 2.47. The SMILES string of the molecule is CCCCCCCCCCOc1c(C)cc(CBr)cc1C. The van der Waals surface area contributed by atoms with Crippen LogP contribution >= 0.6 is 15.9 Å². The molecule has 1 aromatic rings. The lowest BCUT2D eigenvalue weighted by Gasteiger charge is -2.13. The van der Waals surface area contributed by atoms with E-state index in [9.17, 15) is 0 Å². The third-order valence-electron chi connectivity index (χ3n) is 3.92. The molecule has 0 aliphatic carbocycles. The highest BCUT2D eigenvalue weighted by molar-refractivity contribution is 9.08. The molecule has 1 aromatic carbocycles. The minimum absolute atomic E-state index is 0.851. The van der Waals surface area contributed by atoms with Gasteiger partial charge in [0, 0.05) is 5.33 Å². The standard InChI is InChI=1S/C19H31BrO/c1-4-5-6-7-8-9-10-11-12-21-19-16(2)13-18(15-20)14-17(19)3/h13-14H,4-12,15H2,1-3H3. The second kappa shape index (κ2) is 11.1. The van der Waals surface area contributed by atoms with Gasteiger partial charge in [-0.1, -0.05) is 79.9 Å². The lowest BCUT2D eigenvalue weighted by molar-refractivity contribution is 0.300. The Labute approximate surface area is 139 Å². The van der Waals surface area contributed by atoms with Crippen LogP contribution in [0.15, 0.2) is 12.1 Å². The Morgan fingerprint density at radius 2 is 1.38 bits per heavy atom. The lowest BCUT2D eigenvalue weighted by atomic mass is 10.1. The van der Waals surface area contributed by atoms with Gasteiger partial charge in [-0.3, -0.25) is 0 Å². The summed E-state index contributed by atoms with van der Waals surface area (Å²) in [5.41, 5.74) is 3.83. The number of aryl methyl sites for hydroxylation is 2. The van der Waals surface area contributed by atoms with Gasteiger partial charge >= 0.3 is 0 Å². The predicted molar refractivity (Wildman–Crippen MR) is 96.7 cm³/mol. The monoisotopic (exact) mass is 354 g/mol. The van der Waals surface area contributed by atoms with E-state index < -0.39 is 0 Å². The number of hydrogen-bond donors (Lipinski definition) is 0. The van der Waals surface area contributed by atoms with Gasteiger partial charge in [0.05, 0.1) is 6.61 Å². The van der Waals surface area contributed by atoms with E-state index in [1.165, 1.54) is 68.1 Å². The molecule has 0 unspecified atom stereocenters. The maximum Gasteiger partial charge on any atom is 0.125 e. The van der Waals surface area contributed by atoms with Gasteiger partial charge in [-0.25, -0.2) is 0 Å². The Morgan fingerprint density at radius 1 is 0.857 bits per heavy atom. The maximum atomic E-state index is 6.00. The number of rotatable bonds is 11. The van der Waals surface area contributed by atoms with Gasteiger partial charge in [-0.05, 0) is 37.0 Å². The van der Waals surface area contributed by atoms with Gasteiger partial charge in [0.2, 0.25) is 0 Å². The summed E-state index contributed by atoms with van der Waals surface area (Å²) < 4.78 is 6.00. The van der Waals surface area contributed by atoms with Gasteiger partial charge < -0.3 is 4.74 Å². The molecule has 0 saturated carbocycles. The maximum absolute atomic E-state index is 6.00. The van der Waals surface area contributed by atoms with Gasteiger partial charge in [0.15, 0.2) is 0 Å². The third-order valence-corrected chi connectivity index (χ3v) is 4.57. The van der Waals surface area contributed by atoms with Crippen LogP contribution in [-0.2, 0) is 5.33 Å². The minimum Gasteiger partial charge on any atom is -0.493 e. The van der Waals surface area contributed by atoms with Gasteiger partial charge in [-0.15, -0.1) is 0 Å². The number of unbranched alkanes of at least 4 members (excludes halogenated alkanes) is 7. The molecular weight excluding hydrogens is 324 g/mol. The lowest BCUT2D eigenvalue weighted by Crippen LogP contribution is -2.01. The largest absolute Gasteiger partial charge is 0.493 e. The van der Waals surface area contributed by atoms with Crippen LogP contribution in [0.4, 0.5) is 0 Å². The number of halogens is 1. The summed E-state index contributed by atoms with van der Waals surface area (Å²) in [6.07, 6.45) is 10.8. The fourth-order valence-corrected chi connectivity index (χ4v) is 3.08. The van der Waals surface area contributed by atoms with E-state index in [2.05, 4.69) is 48.8 Å². The van der Waals surface area contributed by atoms with Crippen LogP contribution in [-0.4, -0.2) is 6.61 Å². The van der Waals surface area contributed by atoms with E-state index in [0.717, 1.165) is 17.7 Å². The van der Waals surface area contributed by atoms with Crippen LogP contribution in [0.1, 0.15) is 75.0 Å². The minimum atomic E-state index is 0.851. The highest BCUT2D eigenvalue weighted by Gasteiger charge is 2.05. The Morgan fingerprint density at radius 3 is 1.90 bits per heavy atom. The summed E-state index contributed by atoms with van der Waals surface area (Å²) in [7, 11) is 0. The van der Waals surface area contributed by atoms with Crippen LogP contribution in [0.3, 0.4) is 0 Å². The Hall–Kier alpha value is -0.500. The summed E-state index contributed by atoms with van der Waals surface area (Å²) in [5.74, 6) is 1.09. The average molecular weight is 355 g/mol. The fourth-order valence-electron chi connectivity index (χ4n) is 2.75. The highest BCUT2D eigenvalue weighted by Crippen LogP contribution is 2.26. The Balaban J connectivity index is 2.18. The molecule has 2 heteroatoms. The normalized spacial score (nSPS) is 10.9. The molecule has 0 aliphatic rings. The van der Waals surface area contributed by atoms with E-state index in [4.69, 9.17) is 4.74 Å². The van der Waals surface area contributed by atoms with E-state index in [0.29, 0.717) is 0 Å². The van der Waals surface area contributed by atoms with E-state index in [-0.39, 0.29) is 0 Å². The van der Waals surface area contributed by atoms with Crippen molar-refractivity contribution in [1.82, 2.24) is 0 Å². The van der Waals surface area contributed by atoms with Crippen molar-refractivity contribution >= 4 is 15.9 Å². The molecule has 21 heavy (non-hydrogen) atoms. The fraction of sp³-hybridized carbons (Fsp3) is 0.684. The molecule has 0 spiro atoms. The van der Waals surface area contributed by atoms with E-state index in [1.54, 1.807) is 0 Å². The first-order valence-corrected chi connectivity index (χ1v) is 9.60. The van der Waals surface area contributed by atoms with Crippen molar-refractivity contribution in [1.29, 1.82) is 0 Å². The summed E-state index contributed by atoms with van der Waals surface area (Å²) in [6.45, 7) is 7.40. The first-order valence-electron chi connectivity index (χ1n) is 8.48. The van der Waals surface area contributed by atoms with Crippen LogP contribution in [0, 0.1) is 13.8 Å².